The molecule has 0 aliphatic rings. The minimum absolute atomic E-state index is 0.00134. The van der Waals surface area contributed by atoms with Gasteiger partial charge in [0.2, 0.25) is 0 Å². The Morgan fingerprint density at radius 3 is 1.96 bits per heavy atom. The lowest BCUT2D eigenvalue weighted by Crippen LogP contribution is -2.17. The van der Waals surface area contributed by atoms with Gasteiger partial charge in [0, 0.05) is 6.54 Å². The predicted octanol–water partition coefficient (Wildman–Crippen LogP) is 4.61. The van der Waals surface area contributed by atoms with Gasteiger partial charge in [-0.25, -0.2) is 0 Å². The first-order valence-electron chi connectivity index (χ1n) is 7.00. The van der Waals surface area contributed by atoms with Gasteiger partial charge in [-0.2, -0.15) is 13.2 Å². The van der Waals surface area contributed by atoms with E-state index in [0.29, 0.717) is 0 Å². The quantitative estimate of drug-likeness (QED) is 0.787. The van der Waals surface area contributed by atoms with Gasteiger partial charge in [0.05, 0.1) is 5.56 Å². The molecular weight excluding hydrogens is 352 g/mol. The van der Waals surface area contributed by atoms with Crippen LogP contribution in [0.4, 0.5) is 26.3 Å². The summed E-state index contributed by atoms with van der Waals surface area (Å²) in [6.07, 6.45) is -9.54. The monoisotopic (exact) mass is 365 g/mol. The van der Waals surface area contributed by atoms with Crippen LogP contribution in [0.5, 0.6) is 11.5 Å². The summed E-state index contributed by atoms with van der Waals surface area (Å²) < 4.78 is 85.1. The summed E-state index contributed by atoms with van der Waals surface area (Å²) in [6.45, 7) is 0.198. The fourth-order valence-corrected chi connectivity index (χ4v) is 2.11. The van der Waals surface area contributed by atoms with Crippen molar-refractivity contribution in [1.82, 2.24) is 0 Å². The molecular formula is C16H13F6NO2. The second kappa shape index (κ2) is 7.22. The van der Waals surface area contributed by atoms with Crippen LogP contribution in [-0.2, 0) is 6.18 Å². The molecule has 0 spiro atoms. The Hall–Kier alpha value is -2.42. The van der Waals surface area contributed by atoms with Crippen molar-refractivity contribution in [3.8, 4) is 22.6 Å². The number of halogens is 6. The number of hydrogen-bond donors (Lipinski definition) is 1. The van der Waals surface area contributed by atoms with E-state index in [0.717, 1.165) is 30.3 Å². The number of ether oxygens (including phenoxy) is 2. The Morgan fingerprint density at radius 2 is 1.44 bits per heavy atom. The molecule has 0 aliphatic carbocycles. The van der Waals surface area contributed by atoms with E-state index in [1.807, 2.05) is 0 Å². The van der Waals surface area contributed by atoms with Crippen LogP contribution in [0.25, 0.3) is 11.1 Å². The normalized spacial score (nSPS) is 12.1. The fraction of sp³-hybridized carbons (Fsp3) is 0.250. The summed E-state index contributed by atoms with van der Waals surface area (Å²) in [4.78, 5) is 0. The number of rotatable bonds is 5. The van der Waals surface area contributed by atoms with Crippen molar-refractivity contribution in [2.45, 2.75) is 12.5 Å². The minimum atomic E-state index is -4.87. The fourth-order valence-electron chi connectivity index (χ4n) is 2.11. The molecule has 0 radical (unpaired) electrons. The maximum atomic E-state index is 13.3. The first kappa shape index (κ1) is 18.9. The Kier molecular flexibility index (Phi) is 5.46. The third-order valence-corrected chi connectivity index (χ3v) is 3.08. The molecule has 136 valence electrons. The van der Waals surface area contributed by atoms with E-state index in [-0.39, 0.29) is 30.0 Å². The number of nitrogens with two attached hydrogens (primary N) is 1. The molecule has 0 atom stereocenters. The first-order chi connectivity index (χ1) is 11.6. The van der Waals surface area contributed by atoms with Crippen molar-refractivity contribution in [1.29, 1.82) is 0 Å². The highest BCUT2D eigenvalue weighted by Crippen LogP contribution is 2.39. The van der Waals surface area contributed by atoms with E-state index >= 15 is 0 Å². The predicted molar refractivity (Wildman–Crippen MR) is 78.1 cm³/mol. The maximum absolute atomic E-state index is 13.3. The summed E-state index contributed by atoms with van der Waals surface area (Å²) in [6, 6.07) is 7.47. The van der Waals surface area contributed by atoms with Gasteiger partial charge in [0.15, 0.2) is 0 Å². The summed E-state index contributed by atoms with van der Waals surface area (Å²) >= 11 is 0. The van der Waals surface area contributed by atoms with Crippen LogP contribution in [0.3, 0.4) is 0 Å². The van der Waals surface area contributed by atoms with Gasteiger partial charge in [0.25, 0.3) is 0 Å². The van der Waals surface area contributed by atoms with Crippen molar-refractivity contribution in [3.63, 3.8) is 0 Å². The second-order valence-electron chi connectivity index (χ2n) is 4.91. The van der Waals surface area contributed by atoms with Crippen molar-refractivity contribution >= 4 is 0 Å². The smallest absolute Gasteiger partial charge is 0.492 e. The number of hydrogen-bond acceptors (Lipinski definition) is 3. The molecule has 0 fully saturated rings. The molecule has 0 unspecified atom stereocenters. The van der Waals surface area contributed by atoms with Gasteiger partial charge in [-0.15, -0.1) is 13.2 Å². The largest absolute Gasteiger partial charge is 0.573 e. The van der Waals surface area contributed by atoms with E-state index < -0.39 is 23.9 Å². The van der Waals surface area contributed by atoms with Crippen molar-refractivity contribution < 1.29 is 35.8 Å². The Morgan fingerprint density at radius 1 is 0.840 bits per heavy atom. The van der Waals surface area contributed by atoms with Crippen LogP contribution < -0.4 is 15.2 Å². The average molecular weight is 365 g/mol. The average Bonchev–Trinajstić information content (AvgIpc) is 2.51. The van der Waals surface area contributed by atoms with Gasteiger partial charge in [-0.05, 0) is 35.4 Å². The van der Waals surface area contributed by atoms with Gasteiger partial charge in [0.1, 0.15) is 18.1 Å². The third kappa shape index (κ3) is 5.28. The molecule has 0 heterocycles. The van der Waals surface area contributed by atoms with E-state index in [1.54, 1.807) is 0 Å². The van der Waals surface area contributed by atoms with Crippen LogP contribution in [-0.4, -0.2) is 19.5 Å². The summed E-state index contributed by atoms with van der Waals surface area (Å²) in [7, 11) is 0. The number of alkyl halides is 6. The highest BCUT2D eigenvalue weighted by atomic mass is 19.4. The molecule has 2 rings (SSSR count). The van der Waals surface area contributed by atoms with Crippen molar-refractivity contribution in [2.75, 3.05) is 13.2 Å². The van der Waals surface area contributed by atoms with Crippen LogP contribution in [0.1, 0.15) is 5.56 Å². The van der Waals surface area contributed by atoms with E-state index in [9.17, 15) is 26.3 Å². The molecule has 0 bridgehead atoms. The van der Waals surface area contributed by atoms with Crippen molar-refractivity contribution in [3.05, 3.63) is 48.0 Å². The zero-order chi connectivity index (χ0) is 18.7. The standard InChI is InChI=1S/C16H13F6NO2/c17-15(18,19)14-9-12(24-8-7-23)5-6-13(14)10-1-3-11(4-2-10)25-16(20,21)22/h1-6,9H,7-8,23H2. The van der Waals surface area contributed by atoms with Crippen LogP contribution in [0.2, 0.25) is 0 Å². The minimum Gasteiger partial charge on any atom is -0.492 e. The highest BCUT2D eigenvalue weighted by molar-refractivity contribution is 5.69. The molecule has 2 aromatic carbocycles. The SMILES string of the molecule is NCCOc1ccc(-c2ccc(OC(F)(F)F)cc2)c(C(F)(F)F)c1. The van der Waals surface area contributed by atoms with Crippen LogP contribution in [0.15, 0.2) is 42.5 Å². The second-order valence-corrected chi connectivity index (χ2v) is 4.91. The Balaban J connectivity index is 2.37. The molecule has 0 saturated heterocycles. The lowest BCUT2D eigenvalue weighted by molar-refractivity contribution is -0.274. The summed E-state index contributed by atoms with van der Waals surface area (Å²) in [5, 5.41) is 0. The van der Waals surface area contributed by atoms with Crippen LogP contribution >= 0.6 is 0 Å². The third-order valence-electron chi connectivity index (χ3n) is 3.08. The summed E-state index contributed by atoms with van der Waals surface area (Å²) in [5.41, 5.74) is 4.17. The summed E-state index contributed by atoms with van der Waals surface area (Å²) in [5.74, 6) is -0.522. The van der Waals surface area contributed by atoms with Gasteiger partial charge < -0.3 is 15.2 Å². The topological polar surface area (TPSA) is 44.5 Å². The molecule has 0 aliphatic heterocycles. The zero-order valence-corrected chi connectivity index (χ0v) is 12.6. The van der Waals surface area contributed by atoms with E-state index in [2.05, 4.69) is 4.74 Å². The van der Waals surface area contributed by atoms with Crippen LogP contribution in [0, 0.1) is 0 Å². The van der Waals surface area contributed by atoms with Gasteiger partial charge in [-0.1, -0.05) is 18.2 Å². The molecule has 0 aromatic heterocycles. The van der Waals surface area contributed by atoms with Crippen molar-refractivity contribution in [2.24, 2.45) is 5.73 Å². The Labute approximate surface area is 139 Å². The van der Waals surface area contributed by atoms with Gasteiger partial charge >= 0.3 is 12.5 Å². The first-order valence-corrected chi connectivity index (χ1v) is 7.00. The molecule has 0 saturated carbocycles. The zero-order valence-electron chi connectivity index (χ0n) is 12.6. The van der Waals surface area contributed by atoms with E-state index in [1.165, 1.54) is 12.1 Å². The molecule has 25 heavy (non-hydrogen) atoms. The lowest BCUT2D eigenvalue weighted by Gasteiger charge is -2.16. The highest BCUT2D eigenvalue weighted by Gasteiger charge is 2.34. The molecule has 2 aromatic rings. The molecule has 9 heteroatoms. The van der Waals surface area contributed by atoms with E-state index in [4.69, 9.17) is 10.5 Å². The Bertz CT molecular complexity index is 710. The molecule has 3 nitrogen and oxygen atoms in total. The lowest BCUT2D eigenvalue weighted by atomic mass is 9.99. The molecule has 2 N–H and O–H groups in total. The number of benzene rings is 2. The van der Waals surface area contributed by atoms with Gasteiger partial charge in [-0.3, -0.25) is 0 Å². The molecule has 0 amide bonds. The maximum Gasteiger partial charge on any atom is 0.573 e.